The molecule has 2 aliphatic carbocycles. The van der Waals surface area contributed by atoms with Crippen LogP contribution in [0.5, 0.6) is 0 Å². The first kappa shape index (κ1) is 12.5. The minimum absolute atomic E-state index is 0.664. The molecule has 1 aromatic rings. The van der Waals surface area contributed by atoms with Gasteiger partial charge in [-0.3, -0.25) is 0 Å². The topological polar surface area (TPSA) is 0 Å². The molecule has 19 heavy (non-hydrogen) atoms. The van der Waals surface area contributed by atoms with Crippen LogP contribution in [-0.2, 0) is 0 Å². The van der Waals surface area contributed by atoms with E-state index in [1.807, 2.05) is 0 Å². The normalized spacial score (nSPS) is 24.9. The van der Waals surface area contributed by atoms with Gasteiger partial charge < -0.3 is 0 Å². The Bertz CT molecular complexity index is 630. The molecule has 0 N–H and O–H groups in total. The Morgan fingerprint density at radius 2 is 2.05 bits per heavy atom. The molecule has 0 heteroatoms. The second-order valence-corrected chi connectivity index (χ2v) is 5.64. The van der Waals surface area contributed by atoms with Gasteiger partial charge >= 0.3 is 0 Å². The molecule has 0 bridgehead atoms. The second-order valence-electron chi connectivity index (χ2n) is 5.64. The van der Waals surface area contributed by atoms with E-state index in [1.165, 1.54) is 41.7 Å². The van der Waals surface area contributed by atoms with Gasteiger partial charge in [-0.05, 0) is 52.7 Å². The molecule has 0 aliphatic heterocycles. The summed E-state index contributed by atoms with van der Waals surface area (Å²) in [5.41, 5.74) is 3.03. The minimum atomic E-state index is 0.664. The van der Waals surface area contributed by atoms with Gasteiger partial charge in [-0.2, -0.15) is 0 Å². The van der Waals surface area contributed by atoms with Gasteiger partial charge in [-0.15, -0.1) is 0 Å². The van der Waals surface area contributed by atoms with E-state index in [-0.39, 0.29) is 0 Å². The van der Waals surface area contributed by atoms with Gasteiger partial charge in [0.2, 0.25) is 0 Å². The van der Waals surface area contributed by atoms with E-state index in [0.29, 0.717) is 11.8 Å². The number of benzene rings is 1. The third kappa shape index (κ3) is 2.00. The molecule has 0 saturated heterocycles. The zero-order chi connectivity index (χ0) is 13.2. The monoisotopic (exact) mass is 250 g/mol. The van der Waals surface area contributed by atoms with Crippen molar-refractivity contribution in [1.82, 2.24) is 0 Å². The van der Waals surface area contributed by atoms with Crippen LogP contribution in [0.4, 0.5) is 0 Å². The Balaban J connectivity index is 2.34. The highest BCUT2D eigenvalue weighted by Crippen LogP contribution is 2.39. The summed E-state index contributed by atoms with van der Waals surface area (Å²) in [4.78, 5) is 0. The Morgan fingerprint density at radius 1 is 1.26 bits per heavy atom. The molecule has 0 radical (unpaired) electrons. The molecule has 0 saturated carbocycles. The lowest BCUT2D eigenvalue weighted by atomic mass is 9.70. The van der Waals surface area contributed by atoms with Crippen molar-refractivity contribution in [3.63, 3.8) is 0 Å². The van der Waals surface area contributed by atoms with Crippen LogP contribution in [0.2, 0.25) is 0 Å². The van der Waals surface area contributed by atoms with E-state index in [1.54, 1.807) is 5.57 Å². The molecular weight excluding hydrogens is 228 g/mol. The van der Waals surface area contributed by atoms with Crippen molar-refractivity contribution in [1.29, 1.82) is 0 Å². The maximum atomic E-state index is 4.09. The second kappa shape index (κ2) is 5.21. The zero-order valence-electron chi connectivity index (χ0n) is 11.7. The lowest BCUT2D eigenvalue weighted by Crippen LogP contribution is -2.39. The van der Waals surface area contributed by atoms with Gasteiger partial charge in [0.15, 0.2) is 0 Å². The SMILES string of the molecule is C=CC1=c2ccccc2=C2C=CCCC2C1CCC. The lowest BCUT2D eigenvalue weighted by molar-refractivity contribution is 0.433. The van der Waals surface area contributed by atoms with Crippen LogP contribution in [0.1, 0.15) is 32.6 Å². The average Bonchev–Trinajstić information content (AvgIpc) is 2.48. The van der Waals surface area contributed by atoms with Crippen LogP contribution >= 0.6 is 0 Å². The summed E-state index contributed by atoms with van der Waals surface area (Å²) in [6, 6.07) is 8.85. The molecule has 3 rings (SSSR count). The minimum Gasteiger partial charge on any atom is -0.0988 e. The van der Waals surface area contributed by atoms with Crippen LogP contribution in [0.3, 0.4) is 0 Å². The molecule has 0 fully saturated rings. The summed E-state index contributed by atoms with van der Waals surface area (Å²) in [5, 5.41) is 2.85. The van der Waals surface area contributed by atoms with E-state index < -0.39 is 0 Å². The summed E-state index contributed by atoms with van der Waals surface area (Å²) in [5.74, 6) is 1.37. The first-order chi connectivity index (χ1) is 9.36. The third-order valence-electron chi connectivity index (χ3n) is 4.60. The van der Waals surface area contributed by atoms with Crippen molar-refractivity contribution >= 4 is 11.1 Å². The van der Waals surface area contributed by atoms with E-state index in [9.17, 15) is 0 Å². The fourth-order valence-electron chi connectivity index (χ4n) is 3.80. The summed E-state index contributed by atoms with van der Waals surface area (Å²) in [7, 11) is 0. The molecule has 98 valence electrons. The zero-order valence-corrected chi connectivity index (χ0v) is 11.7. The molecule has 0 amide bonds. The van der Waals surface area contributed by atoms with E-state index in [2.05, 4.69) is 56.0 Å². The van der Waals surface area contributed by atoms with Gasteiger partial charge in [0.1, 0.15) is 0 Å². The van der Waals surface area contributed by atoms with Crippen LogP contribution in [0.25, 0.3) is 11.1 Å². The molecular formula is C19H22. The first-order valence-electron chi connectivity index (χ1n) is 7.49. The molecule has 0 aromatic heterocycles. The number of hydrogen-bond donors (Lipinski definition) is 0. The number of fused-ring (bicyclic) bond motifs is 2. The van der Waals surface area contributed by atoms with E-state index >= 15 is 0 Å². The van der Waals surface area contributed by atoms with Crippen LogP contribution in [0.15, 0.2) is 49.1 Å². The van der Waals surface area contributed by atoms with Crippen molar-refractivity contribution in [3.8, 4) is 0 Å². The highest BCUT2D eigenvalue weighted by Gasteiger charge is 2.30. The number of rotatable bonds is 3. The Hall–Kier alpha value is -1.56. The van der Waals surface area contributed by atoms with Crippen molar-refractivity contribution in [2.75, 3.05) is 0 Å². The van der Waals surface area contributed by atoms with Gasteiger partial charge in [-0.25, -0.2) is 0 Å². The van der Waals surface area contributed by atoms with Gasteiger partial charge in [0.05, 0.1) is 0 Å². The average molecular weight is 250 g/mol. The Kier molecular flexibility index (Phi) is 3.42. The van der Waals surface area contributed by atoms with Crippen molar-refractivity contribution in [2.24, 2.45) is 11.8 Å². The standard InChI is InChI=1S/C19H22/c1-3-9-15-14(4-2)16-10-5-6-12-18(16)19-13-8-7-11-17(15)19/h4-6,8,10,12-13,15,17H,2-3,7,9,11H2,1H3. The highest BCUT2D eigenvalue weighted by molar-refractivity contribution is 5.71. The lowest BCUT2D eigenvalue weighted by Gasteiger charge is -2.34. The van der Waals surface area contributed by atoms with Gasteiger partial charge in [-0.1, -0.05) is 62.4 Å². The molecule has 0 spiro atoms. The molecule has 2 aliphatic rings. The summed E-state index contributed by atoms with van der Waals surface area (Å²) < 4.78 is 0. The van der Waals surface area contributed by atoms with E-state index in [4.69, 9.17) is 0 Å². The van der Waals surface area contributed by atoms with Crippen LogP contribution in [-0.4, -0.2) is 0 Å². The van der Waals surface area contributed by atoms with E-state index in [0.717, 1.165) is 0 Å². The number of allylic oxidation sites excluding steroid dienone is 3. The van der Waals surface area contributed by atoms with Gasteiger partial charge in [0, 0.05) is 0 Å². The fraction of sp³-hybridized carbons (Fsp3) is 0.368. The molecule has 2 unspecified atom stereocenters. The fourth-order valence-corrected chi connectivity index (χ4v) is 3.80. The van der Waals surface area contributed by atoms with Crippen molar-refractivity contribution in [3.05, 3.63) is 59.5 Å². The molecule has 0 nitrogen and oxygen atoms in total. The summed E-state index contributed by atoms with van der Waals surface area (Å²) in [6.45, 7) is 6.38. The quantitative estimate of drug-likeness (QED) is 0.769. The third-order valence-corrected chi connectivity index (χ3v) is 4.60. The molecule has 1 aromatic carbocycles. The van der Waals surface area contributed by atoms with Crippen molar-refractivity contribution in [2.45, 2.75) is 32.6 Å². The Morgan fingerprint density at radius 3 is 2.79 bits per heavy atom. The first-order valence-corrected chi connectivity index (χ1v) is 7.49. The summed E-state index contributed by atoms with van der Waals surface area (Å²) in [6.07, 6.45) is 11.9. The predicted molar refractivity (Wildman–Crippen MR) is 83.0 cm³/mol. The van der Waals surface area contributed by atoms with Gasteiger partial charge in [0.25, 0.3) is 0 Å². The molecule has 0 heterocycles. The van der Waals surface area contributed by atoms with Crippen molar-refractivity contribution < 1.29 is 0 Å². The largest absolute Gasteiger partial charge is 0.0988 e. The Labute approximate surface area is 115 Å². The summed E-state index contributed by atoms with van der Waals surface area (Å²) >= 11 is 0. The predicted octanol–water partition coefficient (Wildman–Crippen LogP) is 3.57. The number of hydrogen-bond acceptors (Lipinski definition) is 0. The smallest absolute Gasteiger partial charge is 0.00839 e. The highest BCUT2D eigenvalue weighted by atomic mass is 14.3. The molecule has 2 atom stereocenters. The van der Waals surface area contributed by atoms with Crippen LogP contribution < -0.4 is 10.4 Å². The van der Waals surface area contributed by atoms with Crippen LogP contribution in [0, 0.1) is 11.8 Å². The maximum Gasteiger partial charge on any atom is -0.00839 e. The maximum absolute atomic E-state index is 4.09.